The number of hydrogen-bond acceptors (Lipinski definition) is 2. The molecule has 0 aromatic heterocycles. The van der Waals surface area contributed by atoms with E-state index in [-0.39, 0.29) is 5.91 Å². The van der Waals surface area contributed by atoms with Crippen LogP contribution in [-0.2, 0) is 4.79 Å². The van der Waals surface area contributed by atoms with E-state index >= 15 is 0 Å². The van der Waals surface area contributed by atoms with Crippen LogP contribution in [0, 0.1) is 0 Å². The topological polar surface area (TPSA) is 32.3 Å². The number of carbonyl (C=O) groups excluding carboxylic acids is 1. The third kappa shape index (κ3) is 12.2. The third-order valence-electron chi connectivity index (χ3n) is 3.74. The van der Waals surface area contributed by atoms with E-state index < -0.39 is 0 Å². The van der Waals surface area contributed by atoms with Gasteiger partial charge in [-0.3, -0.25) is 4.79 Å². The minimum Gasteiger partial charge on any atom is -0.356 e. The van der Waals surface area contributed by atoms with E-state index in [0.717, 1.165) is 25.8 Å². The van der Waals surface area contributed by atoms with E-state index in [1.54, 1.807) is 0 Å². The minimum absolute atomic E-state index is 0.247. The standard InChI is InChI=1S/C10H19NO.C6H15N/c12-10-8-6-4-2-1-3-5-7-9-11-10;1-4-7(5-2)6-3/h1-9H2,(H,11,12);4-6H2,1-3H3. The SMILES string of the molecule is CCN(CC)CC.O=C1CCCCCCCCCN1. The van der Waals surface area contributed by atoms with Gasteiger partial charge in [-0.15, -0.1) is 0 Å². The van der Waals surface area contributed by atoms with Gasteiger partial charge in [0.05, 0.1) is 0 Å². The van der Waals surface area contributed by atoms with Crippen LogP contribution in [0.4, 0.5) is 0 Å². The van der Waals surface area contributed by atoms with Crippen LogP contribution >= 0.6 is 0 Å². The van der Waals surface area contributed by atoms with Crippen molar-refractivity contribution in [3.63, 3.8) is 0 Å². The van der Waals surface area contributed by atoms with Crippen LogP contribution in [0.3, 0.4) is 0 Å². The Kier molecular flexibility index (Phi) is 13.4. The minimum atomic E-state index is 0.247. The number of hydrogen-bond donors (Lipinski definition) is 1. The summed E-state index contributed by atoms with van der Waals surface area (Å²) < 4.78 is 0. The second-order valence-corrected chi connectivity index (χ2v) is 5.19. The lowest BCUT2D eigenvalue weighted by Gasteiger charge is -2.13. The molecule has 0 saturated carbocycles. The summed E-state index contributed by atoms with van der Waals surface area (Å²) in [7, 11) is 0. The lowest BCUT2D eigenvalue weighted by molar-refractivity contribution is -0.121. The lowest BCUT2D eigenvalue weighted by atomic mass is 10.1. The van der Waals surface area contributed by atoms with Gasteiger partial charge in [0.2, 0.25) is 5.91 Å². The zero-order chi connectivity index (χ0) is 14.3. The Morgan fingerprint density at radius 1 is 0.842 bits per heavy atom. The number of nitrogens with one attached hydrogen (secondary N) is 1. The Bertz CT molecular complexity index is 183. The van der Waals surface area contributed by atoms with Crippen LogP contribution in [0.15, 0.2) is 0 Å². The quantitative estimate of drug-likeness (QED) is 0.850. The van der Waals surface area contributed by atoms with E-state index in [4.69, 9.17) is 0 Å². The van der Waals surface area contributed by atoms with Crippen molar-refractivity contribution in [3.05, 3.63) is 0 Å². The summed E-state index contributed by atoms with van der Waals surface area (Å²) >= 11 is 0. The van der Waals surface area contributed by atoms with E-state index in [2.05, 4.69) is 31.0 Å². The van der Waals surface area contributed by atoms with E-state index in [1.165, 1.54) is 51.7 Å². The van der Waals surface area contributed by atoms with Crippen molar-refractivity contribution in [2.75, 3.05) is 26.2 Å². The van der Waals surface area contributed by atoms with Crippen molar-refractivity contribution in [2.45, 2.75) is 72.1 Å². The van der Waals surface area contributed by atoms with Gasteiger partial charge in [-0.05, 0) is 32.5 Å². The first-order valence-corrected chi connectivity index (χ1v) is 8.23. The number of rotatable bonds is 3. The molecular weight excluding hydrogens is 236 g/mol. The first kappa shape index (κ1) is 18.4. The maximum absolute atomic E-state index is 11.1. The normalized spacial score (nSPS) is 18.0. The molecule has 1 fully saturated rings. The van der Waals surface area contributed by atoms with Crippen LogP contribution in [0.25, 0.3) is 0 Å². The monoisotopic (exact) mass is 270 g/mol. The molecule has 0 atom stereocenters. The molecule has 1 aliphatic heterocycles. The van der Waals surface area contributed by atoms with Crippen molar-refractivity contribution >= 4 is 5.91 Å². The molecule has 1 aliphatic rings. The van der Waals surface area contributed by atoms with Gasteiger partial charge in [0.1, 0.15) is 0 Å². The van der Waals surface area contributed by atoms with E-state index in [1.807, 2.05) is 0 Å². The summed E-state index contributed by atoms with van der Waals surface area (Å²) in [6, 6.07) is 0. The van der Waals surface area contributed by atoms with Crippen LogP contribution in [0.5, 0.6) is 0 Å². The molecule has 0 bridgehead atoms. The highest BCUT2D eigenvalue weighted by Gasteiger charge is 2.01. The largest absolute Gasteiger partial charge is 0.356 e. The fourth-order valence-corrected chi connectivity index (χ4v) is 2.28. The number of amides is 1. The van der Waals surface area contributed by atoms with Gasteiger partial charge >= 0.3 is 0 Å². The summed E-state index contributed by atoms with van der Waals surface area (Å²) in [5.41, 5.74) is 0. The Morgan fingerprint density at radius 2 is 1.32 bits per heavy atom. The van der Waals surface area contributed by atoms with Crippen LogP contribution < -0.4 is 5.32 Å². The van der Waals surface area contributed by atoms with Gasteiger partial charge in [-0.2, -0.15) is 0 Å². The fraction of sp³-hybridized carbons (Fsp3) is 0.938. The molecular formula is C16H34N2O. The number of nitrogens with zero attached hydrogens (tertiary/aromatic N) is 1. The van der Waals surface area contributed by atoms with E-state index in [0.29, 0.717) is 0 Å². The van der Waals surface area contributed by atoms with Gasteiger partial charge in [0.15, 0.2) is 0 Å². The maximum Gasteiger partial charge on any atom is 0.219 e. The first-order chi connectivity index (χ1) is 9.24. The Balaban J connectivity index is 0.000000399. The zero-order valence-electron chi connectivity index (χ0n) is 13.3. The van der Waals surface area contributed by atoms with Crippen molar-refractivity contribution in [1.82, 2.24) is 10.2 Å². The predicted octanol–water partition coefficient (Wildman–Crippen LogP) is 3.59. The molecule has 19 heavy (non-hydrogen) atoms. The van der Waals surface area contributed by atoms with E-state index in [9.17, 15) is 4.79 Å². The molecule has 3 heteroatoms. The van der Waals surface area contributed by atoms with Crippen molar-refractivity contribution in [3.8, 4) is 0 Å². The Labute approximate surface area is 120 Å². The van der Waals surface area contributed by atoms with Gasteiger partial charge in [-0.1, -0.05) is 52.9 Å². The number of carbonyl (C=O) groups is 1. The van der Waals surface area contributed by atoms with Crippen molar-refractivity contribution in [2.24, 2.45) is 0 Å². The Morgan fingerprint density at radius 3 is 1.79 bits per heavy atom. The average Bonchev–Trinajstić information content (AvgIpc) is 2.48. The smallest absolute Gasteiger partial charge is 0.219 e. The highest BCUT2D eigenvalue weighted by Crippen LogP contribution is 2.09. The molecule has 0 spiro atoms. The second kappa shape index (κ2) is 13.9. The highest BCUT2D eigenvalue weighted by atomic mass is 16.1. The average molecular weight is 270 g/mol. The molecule has 0 radical (unpaired) electrons. The molecule has 114 valence electrons. The molecule has 0 aliphatic carbocycles. The molecule has 0 aromatic rings. The van der Waals surface area contributed by atoms with Gasteiger partial charge in [0, 0.05) is 13.0 Å². The van der Waals surface area contributed by atoms with Crippen molar-refractivity contribution in [1.29, 1.82) is 0 Å². The van der Waals surface area contributed by atoms with Gasteiger partial charge in [0.25, 0.3) is 0 Å². The summed E-state index contributed by atoms with van der Waals surface area (Å²) in [5.74, 6) is 0.247. The second-order valence-electron chi connectivity index (χ2n) is 5.19. The predicted molar refractivity (Wildman–Crippen MR) is 83.4 cm³/mol. The molecule has 1 amide bonds. The Hall–Kier alpha value is -0.570. The summed E-state index contributed by atoms with van der Waals surface area (Å²) in [4.78, 5) is 13.5. The fourth-order valence-electron chi connectivity index (χ4n) is 2.28. The summed E-state index contributed by atoms with van der Waals surface area (Å²) in [6.45, 7) is 11.0. The zero-order valence-corrected chi connectivity index (χ0v) is 13.3. The third-order valence-corrected chi connectivity index (χ3v) is 3.74. The molecule has 1 saturated heterocycles. The van der Waals surface area contributed by atoms with Gasteiger partial charge in [-0.25, -0.2) is 0 Å². The molecule has 0 unspecified atom stereocenters. The lowest BCUT2D eigenvalue weighted by Crippen LogP contribution is -2.23. The van der Waals surface area contributed by atoms with Crippen LogP contribution in [0.2, 0.25) is 0 Å². The van der Waals surface area contributed by atoms with Crippen LogP contribution in [-0.4, -0.2) is 37.0 Å². The van der Waals surface area contributed by atoms with Gasteiger partial charge < -0.3 is 10.2 Å². The van der Waals surface area contributed by atoms with Crippen LogP contribution in [0.1, 0.15) is 72.1 Å². The molecule has 1 heterocycles. The maximum atomic E-state index is 11.1. The highest BCUT2D eigenvalue weighted by molar-refractivity contribution is 5.75. The molecule has 3 nitrogen and oxygen atoms in total. The first-order valence-electron chi connectivity index (χ1n) is 8.23. The summed E-state index contributed by atoms with van der Waals surface area (Å²) in [5, 5.41) is 2.94. The summed E-state index contributed by atoms with van der Waals surface area (Å²) in [6.07, 6.45) is 9.49. The molecule has 0 aromatic carbocycles. The van der Waals surface area contributed by atoms with Crippen molar-refractivity contribution < 1.29 is 4.79 Å². The molecule has 1 N–H and O–H groups in total. The molecule has 1 rings (SSSR count).